The van der Waals surface area contributed by atoms with E-state index in [1.54, 1.807) is 12.1 Å². The van der Waals surface area contributed by atoms with E-state index in [2.05, 4.69) is 9.97 Å². The quantitative estimate of drug-likeness (QED) is 0.842. The Hall–Kier alpha value is -1.55. The van der Waals surface area contributed by atoms with Gasteiger partial charge in [0.05, 0.1) is 17.0 Å². The normalized spacial score (nSPS) is 23.6. The van der Waals surface area contributed by atoms with Crippen LogP contribution in [-0.4, -0.2) is 21.0 Å². The van der Waals surface area contributed by atoms with Crippen LogP contribution >= 0.6 is 11.6 Å². The molecule has 0 saturated heterocycles. The van der Waals surface area contributed by atoms with Crippen molar-refractivity contribution in [3.05, 3.63) is 29.0 Å². The number of fused-ring (bicyclic) bond motifs is 1. The van der Waals surface area contributed by atoms with Crippen LogP contribution in [0, 0.1) is 5.92 Å². The number of aliphatic carboxylic acids is 1. The van der Waals surface area contributed by atoms with Crippen LogP contribution in [0.5, 0.6) is 0 Å². The van der Waals surface area contributed by atoms with Gasteiger partial charge >= 0.3 is 5.97 Å². The van der Waals surface area contributed by atoms with E-state index in [0.717, 1.165) is 16.9 Å². The Kier molecular flexibility index (Phi) is 1.94. The lowest BCUT2D eigenvalue weighted by Crippen LogP contribution is -1.99. The molecule has 82 valence electrons. The number of carboxylic acid groups (broad SMARTS) is 1. The summed E-state index contributed by atoms with van der Waals surface area (Å²) in [6, 6.07) is 5.40. The molecule has 1 fully saturated rings. The molecule has 0 bridgehead atoms. The molecule has 1 aromatic heterocycles. The lowest BCUT2D eigenvalue weighted by molar-refractivity contribution is -0.138. The van der Waals surface area contributed by atoms with E-state index in [0.29, 0.717) is 11.4 Å². The van der Waals surface area contributed by atoms with Crippen molar-refractivity contribution in [3.8, 4) is 0 Å². The smallest absolute Gasteiger partial charge is 0.307 e. The Morgan fingerprint density at radius 1 is 1.56 bits per heavy atom. The summed E-state index contributed by atoms with van der Waals surface area (Å²) in [6.07, 6.45) is 0.670. The van der Waals surface area contributed by atoms with Crippen molar-refractivity contribution in [2.24, 2.45) is 5.92 Å². The van der Waals surface area contributed by atoms with Gasteiger partial charge in [0, 0.05) is 10.9 Å². The minimum absolute atomic E-state index is 0.0312. The number of H-pyrrole nitrogens is 1. The maximum atomic E-state index is 10.8. The summed E-state index contributed by atoms with van der Waals surface area (Å²) < 4.78 is 0. The van der Waals surface area contributed by atoms with Crippen LogP contribution in [0.3, 0.4) is 0 Å². The monoisotopic (exact) mass is 236 g/mol. The van der Waals surface area contributed by atoms with E-state index in [1.165, 1.54) is 0 Å². The molecule has 0 spiro atoms. The molecule has 5 heteroatoms. The molecule has 1 aromatic carbocycles. The highest BCUT2D eigenvalue weighted by molar-refractivity contribution is 6.31. The second kappa shape index (κ2) is 3.22. The van der Waals surface area contributed by atoms with E-state index >= 15 is 0 Å². The van der Waals surface area contributed by atoms with E-state index in [9.17, 15) is 4.79 Å². The van der Waals surface area contributed by atoms with Crippen molar-refractivity contribution in [1.29, 1.82) is 0 Å². The van der Waals surface area contributed by atoms with E-state index in [4.69, 9.17) is 16.7 Å². The predicted molar refractivity (Wildman–Crippen MR) is 59.6 cm³/mol. The van der Waals surface area contributed by atoms with Crippen LogP contribution in [0.15, 0.2) is 18.2 Å². The maximum absolute atomic E-state index is 10.8. The van der Waals surface area contributed by atoms with Crippen molar-refractivity contribution < 1.29 is 9.90 Å². The van der Waals surface area contributed by atoms with Crippen molar-refractivity contribution in [2.75, 3.05) is 0 Å². The number of aromatic nitrogens is 2. The third kappa shape index (κ3) is 1.46. The summed E-state index contributed by atoms with van der Waals surface area (Å²) in [7, 11) is 0. The Morgan fingerprint density at radius 3 is 3.06 bits per heavy atom. The number of carboxylic acids is 1. The number of rotatable bonds is 2. The fraction of sp³-hybridized carbons (Fsp3) is 0.273. The summed E-state index contributed by atoms with van der Waals surface area (Å²) in [6.45, 7) is 0. The van der Waals surface area contributed by atoms with Gasteiger partial charge in [-0.3, -0.25) is 4.79 Å². The lowest BCUT2D eigenvalue weighted by Gasteiger charge is -1.89. The maximum Gasteiger partial charge on any atom is 0.307 e. The van der Waals surface area contributed by atoms with Crippen LogP contribution in [0.4, 0.5) is 0 Å². The van der Waals surface area contributed by atoms with Gasteiger partial charge < -0.3 is 10.1 Å². The van der Waals surface area contributed by atoms with Crippen LogP contribution in [-0.2, 0) is 4.79 Å². The zero-order chi connectivity index (χ0) is 11.3. The molecule has 16 heavy (non-hydrogen) atoms. The minimum atomic E-state index is -0.747. The molecule has 2 aromatic rings. The van der Waals surface area contributed by atoms with E-state index < -0.39 is 5.97 Å². The fourth-order valence-electron chi connectivity index (χ4n) is 1.95. The Morgan fingerprint density at radius 2 is 2.38 bits per heavy atom. The zero-order valence-corrected chi connectivity index (χ0v) is 9.03. The predicted octanol–water partition coefficient (Wildman–Crippen LogP) is 2.40. The molecule has 2 atom stereocenters. The van der Waals surface area contributed by atoms with Crippen molar-refractivity contribution >= 4 is 28.6 Å². The van der Waals surface area contributed by atoms with Crippen LogP contribution in [0.1, 0.15) is 18.2 Å². The molecule has 1 aliphatic rings. The van der Waals surface area contributed by atoms with Crippen LogP contribution < -0.4 is 0 Å². The van der Waals surface area contributed by atoms with Gasteiger partial charge in [-0.15, -0.1) is 0 Å². The second-order valence-corrected chi connectivity index (χ2v) is 4.51. The lowest BCUT2D eigenvalue weighted by atomic mass is 10.3. The van der Waals surface area contributed by atoms with Gasteiger partial charge in [0.1, 0.15) is 5.82 Å². The van der Waals surface area contributed by atoms with Gasteiger partial charge in [-0.1, -0.05) is 11.6 Å². The SMILES string of the molecule is O=C(O)[C@@H]1C[C@H]1c1nc2ccc(Cl)cc2[nH]1. The molecule has 3 rings (SSSR count). The number of hydrogen-bond acceptors (Lipinski definition) is 2. The molecule has 0 radical (unpaired) electrons. The summed E-state index contributed by atoms with van der Waals surface area (Å²) in [4.78, 5) is 18.2. The zero-order valence-electron chi connectivity index (χ0n) is 8.27. The first-order valence-corrected chi connectivity index (χ1v) is 5.41. The highest BCUT2D eigenvalue weighted by Gasteiger charge is 2.46. The third-order valence-corrected chi connectivity index (χ3v) is 3.16. The van der Waals surface area contributed by atoms with Gasteiger partial charge in [-0.05, 0) is 24.6 Å². The van der Waals surface area contributed by atoms with Crippen LogP contribution in [0.2, 0.25) is 5.02 Å². The van der Waals surface area contributed by atoms with Gasteiger partial charge in [-0.2, -0.15) is 0 Å². The number of benzene rings is 1. The van der Waals surface area contributed by atoms with Crippen molar-refractivity contribution in [3.63, 3.8) is 0 Å². The van der Waals surface area contributed by atoms with Gasteiger partial charge in [0.2, 0.25) is 0 Å². The van der Waals surface area contributed by atoms with Crippen molar-refractivity contribution in [1.82, 2.24) is 9.97 Å². The summed E-state index contributed by atoms with van der Waals surface area (Å²) in [5.74, 6) is -0.243. The molecule has 0 aliphatic heterocycles. The molecular formula is C11H9ClN2O2. The number of hydrogen-bond donors (Lipinski definition) is 2. The van der Waals surface area contributed by atoms with E-state index in [1.807, 2.05) is 6.07 Å². The first-order chi connectivity index (χ1) is 7.65. The Bertz CT molecular complexity index is 578. The average Bonchev–Trinajstić information content (AvgIpc) is 2.93. The third-order valence-electron chi connectivity index (χ3n) is 2.92. The summed E-state index contributed by atoms with van der Waals surface area (Å²) in [5.41, 5.74) is 1.69. The molecule has 0 unspecified atom stereocenters. The highest BCUT2D eigenvalue weighted by atomic mass is 35.5. The number of nitrogens with zero attached hydrogens (tertiary/aromatic N) is 1. The largest absolute Gasteiger partial charge is 0.481 e. The minimum Gasteiger partial charge on any atom is -0.481 e. The standard InChI is InChI=1S/C11H9ClN2O2/c12-5-1-2-8-9(3-5)14-10(13-8)6-4-7(6)11(15)16/h1-3,6-7H,4H2,(H,13,14)(H,15,16)/t6-,7-/m1/s1. The van der Waals surface area contributed by atoms with Gasteiger partial charge in [0.25, 0.3) is 0 Å². The number of imidazole rings is 1. The topological polar surface area (TPSA) is 66.0 Å². The van der Waals surface area contributed by atoms with Gasteiger partial charge in [0.15, 0.2) is 0 Å². The average molecular weight is 237 g/mol. The number of carbonyl (C=O) groups is 1. The Balaban J connectivity index is 1.98. The second-order valence-electron chi connectivity index (χ2n) is 4.07. The number of nitrogens with one attached hydrogen (secondary N) is 1. The van der Waals surface area contributed by atoms with Gasteiger partial charge in [-0.25, -0.2) is 4.98 Å². The number of aromatic amines is 1. The first-order valence-electron chi connectivity index (χ1n) is 5.03. The van der Waals surface area contributed by atoms with Crippen molar-refractivity contribution in [2.45, 2.75) is 12.3 Å². The number of halogens is 1. The van der Waals surface area contributed by atoms with Crippen LogP contribution in [0.25, 0.3) is 11.0 Å². The molecule has 1 heterocycles. The molecular weight excluding hydrogens is 228 g/mol. The summed E-state index contributed by atoms with van der Waals surface area (Å²) in [5, 5.41) is 9.49. The van der Waals surface area contributed by atoms with E-state index in [-0.39, 0.29) is 11.8 Å². The first kappa shape index (κ1) is 9.66. The highest BCUT2D eigenvalue weighted by Crippen LogP contribution is 2.46. The fourth-order valence-corrected chi connectivity index (χ4v) is 2.12. The molecule has 2 N–H and O–H groups in total. The Labute approximate surface area is 96.3 Å². The molecule has 1 aliphatic carbocycles. The molecule has 4 nitrogen and oxygen atoms in total. The molecule has 0 amide bonds. The molecule has 1 saturated carbocycles. The summed E-state index contributed by atoms with van der Waals surface area (Å²) >= 11 is 5.86.